The Morgan fingerprint density at radius 1 is 1.45 bits per heavy atom. The average Bonchev–Trinajstić information content (AvgIpc) is 2.24. The Morgan fingerprint density at radius 3 is 2.91 bits per heavy atom. The zero-order valence-corrected chi connectivity index (χ0v) is 7.32. The van der Waals surface area contributed by atoms with Crippen molar-refractivity contribution in [3.05, 3.63) is 0 Å². The summed E-state index contributed by atoms with van der Waals surface area (Å²) in [5.74, 6) is 0. The normalized spacial score (nSPS) is 49.6. The van der Waals surface area contributed by atoms with E-state index in [0.717, 1.165) is 6.54 Å². The summed E-state index contributed by atoms with van der Waals surface area (Å²) in [6, 6.07) is 0. The van der Waals surface area contributed by atoms with Gasteiger partial charge < -0.3 is 11.1 Å². The minimum absolute atomic E-state index is 0.326. The van der Waals surface area contributed by atoms with Crippen molar-refractivity contribution in [3.63, 3.8) is 0 Å². The van der Waals surface area contributed by atoms with Crippen molar-refractivity contribution in [1.29, 1.82) is 0 Å². The van der Waals surface area contributed by atoms with Gasteiger partial charge in [-0.2, -0.15) is 0 Å². The van der Waals surface area contributed by atoms with E-state index in [1.165, 1.54) is 32.2 Å². The summed E-state index contributed by atoms with van der Waals surface area (Å²) in [6.07, 6.45) is 5.35. The zero-order valence-electron chi connectivity index (χ0n) is 7.32. The molecule has 64 valence electrons. The third-order valence-electron chi connectivity index (χ3n) is 3.48. The van der Waals surface area contributed by atoms with Crippen LogP contribution in [0.2, 0.25) is 0 Å². The molecule has 0 radical (unpaired) electrons. The van der Waals surface area contributed by atoms with Gasteiger partial charge in [0.15, 0.2) is 0 Å². The molecule has 1 saturated heterocycles. The minimum atomic E-state index is 0.326. The molecule has 2 fully saturated rings. The molecule has 11 heavy (non-hydrogen) atoms. The van der Waals surface area contributed by atoms with Gasteiger partial charge in [0.2, 0.25) is 0 Å². The van der Waals surface area contributed by atoms with Crippen LogP contribution in [0, 0.1) is 5.41 Å². The number of fused-ring (bicyclic) bond motifs is 2. The summed E-state index contributed by atoms with van der Waals surface area (Å²) < 4.78 is 0. The molecular formula is C9H18N2. The molecule has 1 heterocycles. The van der Waals surface area contributed by atoms with Gasteiger partial charge in [0.25, 0.3) is 0 Å². The van der Waals surface area contributed by atoms with E-state index < -0.39 is 0 Å². The second-order valence-electron chi connectivity index (χ2n) is 4.68. The number of nitrogens with two attached hydrogens (primary N) is 1. The molecule has 1 aliphatic carbocycles. The van der Waals surface area contributed by atoms with Crippen LogP contribution in [0.1, 0.15) is 32.6 Å². The molecule has 2 nitrogen and oxygen atoms in total. The van der Waals surface area contributed by atoms with Crippen molar-refractivity contribution < 1.29 is 0 Å². The SMILES string of the molecule is C[C@]12CCC[C@](CN)(C1)NC2. The van der Waals surface area contributed by atoms with Crippen LogP contribution < -0.4 is 11.1 Å². The lowest BCUT2D eigenvalue weighted by atomic mass is 9.71. The van der Waals surface area contributed by atoms with Crippen molar-refractivity contribution in [2.24, 2.45) is 11.1 Å². The summed E-state index contributed by atoms with van der Waals surface area (Å²) in [6.45, 7) is 4.39. The molecule has 0 aromatic rings. The Kier molecular flexibility index (Phi) is 1.52. The Bertz CT molecular complexity index is 169. The van der Waals surface area contributed by atoms with Gasteiger partial charge in [-0.1, -0.05) is 13.3 Å². The lowest BCUT2D eigenvalue weighted by Crippen LogP contribution is -2.47. The predicted octanol–water partition coefficient (Wildman–Crippen LogP) is 0.867. The van der Waals surface area contributed by atoms with E-state index in [0.29, 0.717) is 11.0 Å². The Labute approximate surface area is 68.5 Å². The predicted molar refractivity (Wildman–Crippen MR) is 46.4 cm³/mol. The van der Waals surface area contributed by atoms with Gasteiger partial charge >= 0.3 is 0 Å². The highest BCUT2D eigenvalue weighted by atomic mass is 15.1. The van der Waals surface area contributed by atoms with E-state index in [4.69, 9.17) is 5.73 Å². The topological polar surface area (TPSA) is 38.0 Å². The van der Waals surface area contributed by atoms with Gasteiger partial charge in [-0.3, -0.25) is 0 Å². The second-order valence-corrected chi connectivity index (χ2v) is 4.68. The molecule has 0 aromatic heterocycles. The highest BCUT2D eigenvalue weighted by Crippen LogP contribution is 2.45. The largest absolute Gasteiger partial charge is 0.329 e. The number of hydrogen-bond donors (Lipinski definition) is 2. The lowest BCUT2D eigenvalue weighted by Gasteiger charge is -2.35. The molecule has 2 heteroatoms. The molecule has 3 N–H and O–H groups in total. The Morgan fingerprint density at radius 2 is 2.27 bits per heavy atom. The highest BCUT2D eigenvalue weighted by molar-refractivity contribution is 5.06. The molecule has 2 bridgehead atoms. The molecule has 2 atom stereocenters. The van der Waals surface area contributed by atoms with Crippen LogP contribution in [0.5, 0.6) is 0 Å². The lowest BCUT2D eigenvalue weighted by molar-refractivity contribution is 0.218. The van der Waals surface area contributed by atoms with Crippen LogP contribution in [0.4, 0.5) is 0 Å². The Balaban J connectivity index is 2.17. The highest BCUT2D eigenvalue weighted by Gasteiger charge is 2.47. The summed E-state index contributed by atoms with van der Waals surface area (Å²) in [5.41, 5.74) is 6.67. The molecule has 2 aliphatic rings. The maximum absolute atomic E-state index is 5.77. The maximum Gasteiger partial charge on any atom is 0.0309 e. The van der Waals surface area contributed by atoms with E-state index >= 15 is 0 Å². The van der Waals surface area contributed by atoms with Gasteiger partial charge in [0, 0.05) is 18.6 Å². The Hall–Kier alpha value is -0.0800. The summed E-state index contributed by atoms with van der Waals surface area (Å²) >= 11 is 0. The molecule has 0 spiro atoms. The molecular weight excluding hydrogens is 136 g/mol. The first-order chi connectivity index (χ1) is 5.18. The van der Waals surface area contributed by atoms with Gasteiger partial charge in [0.05, 0.1) is 0 Å². The fraction of sp³-hybridized carbons (Fsp3) is 1.00. The number of hydrogen-bond acceptors (Lipinski definition) is 2. The monoisotopic (exact) mass is 154 g/mol. The number of rotatable bonds is 1. The van der Waals surface area contributed by atoms with E-state index in [2.05, 4.69) is 12.2 Å². The quantitative estimate of drug-likeness (QED) is 0.588. The average molecular weight is 154 g/mol. The molecule has 1 saturated carbocycles. The molecule has 0 aromatic carbocycles. The van der Waals surface area contributed by atoms with Crippen molar-refractivity contribution in [1.82, 2.24) is 5.32 Å². The van der Waals surface area contributed by atoms with Crippen molar-refractivity contribution in [2.75, 3.05) is 13.1 Å². The van der Waals surface area contributed by atoms with Gasteiger partial charge in [-0.25, -0.2) is 0 Å². The smallest absolute Gasteiger partial charge is 0.0309 e. The van der Waals surface area contributed by atoms with Gasteiger partial charge in [0.1, 0.15) is 0 Å². The fourth-order valence-corrected chi connectivity index (χ4v) is 2.80. The van der Waals surface area contributed by atoms with Crippen LogP contribution in [0.15, 0.2) is 0 Å². The van der Waals surface area contributed by atoms with E-state index in [9.17, 15) is 0 Å². The fourth-order valence-electron chi connectivity index (χ4n) is 2.80. The van der Waals surface area contributed by atoms with Crippen molar-refractivity contribution >= 4 is 0 Å². The minimum Gasteiger partial charge on any atom is -0.329 e. The molecule has 1 aliphatic heterocycles. The van der Waals surface area contributed by atoms with Crippen molar-refractivity contribution in [3.8, 4) is 0 Å². The maximum atomic E-state index is 5.77. The van der Waals surface area contributed by atoms with Crippen LogP contribution in [0.25, 0.3) is 0 Å². The van der Waals surface area contributed by atoms with Gasteiger partial charge in [-0.15, -0.1) is 0 Å². The first-order valence-corrected chi connectivity index (χ1v) is 4.63. The van der Waals surface area contributed by atoms with Crippen LogP contribution >= 0.6 is 0 Å². The standard InChI is InChI=1S/C9H18N2/c1-8-3-2-4-9(5-8,6-10)11-7-8/h11H,2-7,10H2,1H3/t8-,9+/m0/s1. The van der Waals surface area contributed by atoms with Gasteiger partial charge in [-0.05, 0) is 24.7 Å². The number of nitrogens with one attached hydrogen (secondary N) is 1. The van der Waals surface area contributed by atoms with E-state index in [-0.39, 0.29) is 0 Å². The summed E-state index contributed by atoms with van der Waals surface area (Å²) in [5, 5.41) is 3.60. The first-order valence-electron chi connectivity index (χ1n) is 4.63. The van der Waals surface area contributed by atoms with E-state index in [1.807, 2.05) is 0 Å². The third-order valence-corrected chi connectivity index (χ3v) is 3.48. The van der Waals surface area contributed by atoms with Crippen molar-refractivity contribution in [2.45, 2.75) is 38.1 Å². The van der Waals surface area contributed by atoms with E-state index in [1.54, 1.807) is 0 Å². The summed E-state index contributed by atoms with van der Waals surface area (Å²) in [7, 11) is 0. The van der Waals surface area contributed by atoms with Crippen LogP contribution in [-0.2, 0) is 0 Å². The zero-order chi connectivity index (χ0) is 7.95. The molecule has 0 unspecified atom stereocenters. The third kappa shape index (κ3) is 1.09. The summed E-state index contributed by atoms with van der Waals surface area (Å²) in [4.78, 5) is 0. The van der Waals surface area contributed by atoms with Crippen LogP contribution in [-0.4, -0.2) is 18.6 Å². The molecule has 0 amide bonds. The molecule has 2 rings (SSSR count). The first kappa shape index (κ1) is 7.56. The van der Waals surface area contributed by atoms with Crippen LogP contribution in [0.3, 0.4) is 0 Å². The second kappa shape index (κ2) is 2.20.